The van der Waals surface area contributed by atoms with E-state index in [1.807, 2.05) is 6.92 Å². The van der Waals surface area contributed by atoms with E-state index in [9.17, 15) is 10.1 Å². The summed E-state index contributed by atoms with van der Waals surface area (Å²) < 4.78 is 5.00. The minimum atomic E-state index is -0.402. The van der Waals surface area contributed by atoms with Gasteiger partial charge < -0.3 is 10.5 Å². The van der Waals surface area contributed by atoms with Crippen molar-refractivity contribution in [3.8, 4) is 5.75 Å². The van der Waals surface area contributed by atoms with Crippen molar-refractivity contribution >= 4 is 5.69 Å². The molecule has 5 heteroatoms. The standard InChI is InChI=1S/C11H16N2O3/c1-8(6-7-12)9-4-3-5-10(16-2)11(9)13(14)15/h3-5,8H,6-7,12H2,1-2H3. The van der Waals surface area contributed by atoms with Crippen LogP contribution in [0.4, 0.5) is 5.69 Å². The molecule has 0 heterocycles. The Kier molecular flexibility index (Phi) is 4.25. The predicted octanol–water partition coefficient (Wildman–Crippen LogP) is 2.06. The molecule has 16 heavy (non-hydrogen) atoms. The van der Waals surface area contributed by atoms with Crippen LogP contribution in [0.15, 0.2) is 18.2 Å². The SMILES string of the molecule is COc1cccc(C(C)CCN)c1[N+](=O)[O-]. The number of methoxy groups -OCH3 is 1. The highest BCUT2D eigenvalue weighted by molar-refractivity contribution is 5.54. The van der Waals surface area contributed by atoms with Gasteiger partial charge in [0.1, 0.15) is 0 Å². The second-order valence-electron chi connectivity index (χ2n) is 3.63. The highest BCUT2D eigenvalue weighted by Crippen LogP contribution is 2.35. The van der Waals surface area contributed by atoms with Gasteiger partial charge in [0.25, 0.3) is 0 Å². The zero-order chi connectivity index (χ0) is 12.1. The number of para-hydroxylation sites is 1. The molecule has 0 aliphatic heterocycles. The third kappa shape index (κ3) is 2.49. The topological polar surface area (TPSA) is 78.4 Å². The molecule has 1 aromatic rings. The molecule has 0 aliphatic rings. The Hall–Kier alpha value is -1.62. The van der Waals surface area contributed by atoms with E-state index < -0.39 is 4.92 Å². The highest BCUT2D eigenvalue weighted by Gasteiger charge is 2.23. The minimum absolute atomic E-state index is 0.0472. The summed E-state index contributed by atoms with van der Waals surface area (Å²) in [4.78, 5) is 10.6. The molecule has 0 spiro atoms. The van der Waals surface area contributed by atoms with Crippen LogP contribution < -0.4 is 10.5 Å². The number of nitro benzene ring substituents is 1. The first-order chi connectivity index (χ1) is 7.61. The quantitative estimate of drug-likeness (QED) is 0.613. The Balaban J connectivity index is 3.21. The fraction of sp³-hybridized carbons (Fsp3) is 0.455. The molecule has 88 valence electrons. The molecule has 0 aromatic heterocycles. The molecule has 0 fully saturated rings. The molecule has 0 saturated heterocycles. The van der Waals surface area contributed by atoms with E-state index >= 15 is 0 Å². The van der Waals surface area contributed by atoms with Crippen molar-refractivity contribution in [3.05, 3.63) is 33.9 Å². The summed E-state index contributed by atoms with van der Waals surface area (Å²) in [6.07, 6.45) is 0.716. The number of benzene rings is 1. The van der Waals surface area contributed by atoms with Crippen molar-refractivity contribution < 1.29 is 9.66 Å². The van der Waals surface area contributed by atoms with Crippen molar-refractivity contribution in [2.45, 2.75) is 19.3 Å². The fourth-order valence-corrected chi connectivity index (χ4v) is 1.70. The maximum atomic E-state index is 11.0. The molecule has 0 aliphatic carbocycles. The summed E-state index contributed by atoms with van der Waals surface area (Å²) in [6, 6.07) is 5.10. The van der Waals surface area contributed by atoms with Crippen LogP contribution in [-0.4, -0.2) is 18.6 Å². The van der Waals surface area contributed by atoms with Crippen LogP contribution in [0.2, 0.25) is 0 Å². The molecule has 2 N–H and O–H groups in total. The Labute approximate surface area is 94.4 Å². The van der Waals surface area contributed by atoms with E-state index in [0.717, 1.165) is 0 Å². The summed E-state index contributed by atoms with van der Waals surface area (Å²) in [7, 11) is 1.43. The molecule has 1 rings (SSSR count). The van der Waals surface area contributed by atoms with Gasteiger partial charge in [0.05, 0.1) is 12.0 Å². The van der Waals surface area contributed by atoms with E-state index in [-0.39, 0.29) is 11.6 Å². The van der Waals surface area contributed by atoms with E-state index in [1.54, 1.807) is 18.2 Å². The molecule has 5 nitrogen and oxygen atoms in total. The van der Waals surface area contributed by atoms with E-state index in [1.165, 1.54) is 7.11 Å². The monoisotopic (exact) mass is 224 g/mol. The largest absolute Gasteiger partial charge is 0.490 e. The predicted molar refractivity (Wildman–Crippen MR) is 61.7 cm³/mol. The third-order valence-electron chi connectivity index (χ3n) is 2.56. The van der Waals surface area contributed by atoms with E-state index in [0.29, 0.717) is 24.3 Å². The van der Waals surface area contributed by atoms with E-state index in [2.05, 4.69) is 0 Å². The van der Waals surface area contributed by atoms with E-state index in [4.69, 9.17) is 10.5 Å². The number of nitrogens with two attached hydrogens (primary N) is 1. The zero-order valence-corrected chi connectivity index (χ0v) is 9.47. The number of nitro groups is 1. The Morgan fingerprint density at radius 3 is 2.75 bits per heavy atom. The third-order valence-corrected chi connectivity index (χ3v) is 2.56. The van der Waals surface area contributed by atoms with Crippen LogP contribution in [0.5, 0.6) is 5.75 Å². The van der Waals surface area contributed by atoms with Gasteiger partial charge in [0.15, 0.2) is 5.75 Å². The summed E-state index contributed by atoms with van der Waals surface area (Å²) in [6.45, 7) is 2.43. The van der Waals surface area contributed by atoms with Gasteiger partial charge in [0.2, 0.25) is 0 Å². The maximum absolute atomic E-state index is 11.0. The van der Waals surface area contributed by atoms with Crippen molar-refractivity contribution in [2.24, 2.45) is 5.73 Å². The van der Waals surface area contributed by atoms with Crippen LogP contribution in [-0.2, 0) is 0 Å². The molecule has 1 atom stereocenters. The number of ether oxygens (including phenoxy) is 1. The molecule has 1 unspecified atom stereocenters. The van der Waals surface area contributed by atoms with Crippen LogP contribution in [0, 0.1) is 10.1 Å². The van der Waals surface area contributed by atoms with Gasteiger partial charge in [0, 0.05) is 5.56 Å². The summed E-state index contributed by atoms with van der Waals surface area (Å²) in [5, 5.41) is 11.0. The van der Waals surface area contributed by atoms with Crippen LogP contribution in [0.1, 0.15) is 24.8 Å². The lowest BCUT2D eigenvalue weighted by Gasteiger charge is -2.12. The summed E-state index contributed by atoms with van der Waals surface area (Å²) in [5.41, 5.74) is 6.19. The van der Waals surface area contributed by atoms with Gasteiger partial charge >= 0.3 is 5.69 Å². The van der Waals surface area contributed by atoms with Crippen molar-refractivity contribution in [3.63, 3.8) is 0 Å². The molecule has 1 aromatic carbocycles. The van der Waals surface area contributed by atoms with Gasteiger partial charge in [-0.05, 0) is 24.9 Å². The zero-order valence-electron chi connectivity index (χ0n) is 9.47. The van der Waals surface area contributed by atoms with Crippen LogP contribution in [0.3, 0.4) is 0 Å². The van der Waals surface area contributed by atoms with Crippen LogP contribution >= 0.6 is 0 Å². The lowest BCUT2D eigenvalue weighted by molar-refractivity contribution is -0.386. The molecule has 0 amide bonds. The second kappa shape index (κ2) is 5.46. The lowest BCUT2D eigenvalue weighted by Crippen LogP contribution is -2.07. The molecular weight excluding hydrogens is 208 g/mol. The normalized spacial score (nSPS) is 12.2. The smallest absolute Gasteiger partial charge is 0.314 e. The highest BCUT2D eigenvalue weighted by atomic mass is 16.6. The van der Waals surface area contributed by atoms with Gasteiger partial charge in [-0.15, -0.1) is 0 Å². The van der Waals surface area contributed by atoms with Crippen molar-refractivity contribution in [1.82, 2.24) is 0 Å². The maximum Gasteiger partial charge on any atom is 0.314 e. The van der Waals surface area contributed by atoms with Crippen molar-refractivity contribution in [1.29, 1.82) is 0 Å². The summed E-state index contributed by atoms with van der Waals surface area (Å²) >= 11 is 0. The number of nitrogens with zero attached hydrogens (tertiary/aromatic N) is 1. The van der Waals surface area contributed by atoms with Gasteiger partial charge in [-0.3, -0.25) is 10.1 Å². The Morgan fingerprint density at radius 1 is 1.56 bits per heavy atom. The summed E-state index contributed by atoms with van der Waals surface area (Å²) in [5.74, 6) is 0.354. The number of rotatable bonds is 5. The van der Waals surface area contributed by atoms with Crippen LogP contribution in [0.25, 0.3) is 0 Å². The molecule has 0 bridgehead atoms. The Bertz CT molecular complexity index is 379. The molecule has 0 radical (unpaired) electrons. The molecule has 0 saturated carbocycles. The first-order valence-electron chi connectivity index (χ1n) is 5.13. The van der Waals surface area contributed by atoms with Gasteiger partial charge in [-0.2, -0.15) is 0 Å². The molecular formula is C11H16N2O3. The number of hydrogen-bond donors (Lipinski definition) is 1. The lowest BCUT2D eigenvalue weighted by atomic mass is 9.96. The first-order valence-corrected chi connectivity index (χ1v) is 5.13. The second-order valence-corrected chi connectivity index (χ2v) is 3.63. The average Bonchev–Trinajstić information content (AvgIpc) is 2.28. The number of hydrogen-bond acceptors (Lipinski definition) is 4. The Morgan fingerprint density at radius 2 is 2.25 bits per heavy atom. The van der Waals surface area contributed by atoms with Crippen molar-refractivity contribution in [2.75, 3.05) is 13.7 Å². The minimum Gasteiger partial charge on any atom is -0.490 e. The van der Waals surface area contributed by atoms with Gasteiger partial charge in [-0.25, -0.2) is 0 Å². The fourth-order valence-electron chi connectivity index (χ4n) is 1.70. The first kappa shape index (κ1) is 12.4. The van der Waals surface area contributed by atoms with Gasteiger partial charge in [-0.1, -0.05) is 19.1 Å². The average molecular weight is 224 g/mol.